The van der Waals surface area contributed by atoms with Gasteiger partial charge in [-0.1, -0.05) is 35.3 Å². The molecule has 4 aromatic rings. The minimum Gasteiger partial charge on any atom is -0.0840 e. The second-order valence-electron chi connectivity index (χ2n) is 7.16. The van der Waals surface area contributed by atoms with E-state index in [0.717, 1.165) is 29.3 Å². The lowest BCUT2D eigenvalue weighted by atomic mass is 9.94. The van der Waals surface area contributed by atoms with E-state index in [0.29, 0.717) is 0 Å². The summed E-state index contributed by atoms with van der Waals surface area (Å²) in [6.45, 7) is 0. The minimum absolute atomic E-state index is 0.919. The van der Waals surface area contributed by atoms with Gasteiger partial charge in [-0.25, -0.2) is 0 Å². The molecule has 0 saturated heterocycles. The van der Waals surface area contributed by atoms with Gasteiger partial charge in [0.15, 0.2) is 0 Å². The maximum Gasteiger partial charge on any atom is 0.0450 e. The van der Waals surface area contributed by atoms with Crippen LogP contribution in [-0.2, 0) is 19.3 Å². The molecule has 0 aliphatic heterocycles. The highest BCUT2D eigenvalue weighted by Crippen LogP contribution is 2.55. The molecule has 3 aliphatic carbocycles. The van der Waals surface area contributed by atoms with Crippen LogP contribution in [0.25, 0.3) is 32.3 Å². The first kappa shape index (κ1) is 11.7. The summed E-state index contributed by atoms with van der Waals surface area (Å²) in [5.74, 6) is 0. The van der Waals surface area contributed by atoms with Crippen LogP contribution in [0.4, 0.5) is 0 Å². The number of hydrogen-bond donors (Lipinski definition) is 0. The zero-order chi connectivity index (χ0) is 15.0. The van der Waals surface area contributed by atoms with Crippen LogP contribution < -0.4 is 0 Å². The Balaban J connectivity index is 1.99. The summed E-state index contributed by atoms with van der Waals surface area (Å²) in [6.07, 6.45) is 2.90. The molecular formula is C21H10Cl2. The largest absolute Gasteiger partial charge is 0.0840 e. The van der Waals surface area contributed by atoms with Crippen molar-refractivity contribution in [2.45, 2.75) is 19.3 Å². The average Bonchev–Trinajstić information content (AvgIpc) is 3.17. The van der Waals surface area contributed by atoms with Gasteiger partial charge in [-0.15, -0.1) is 0 Å². The number of hydrogen-bond acceptors (Lipinski definition) is 0. The van der Waals surface area contributed by atoms with E-state index in [2.05, 4.69) is 24.3 Å². The summed E-state index contributed by atoms with van der Waals surface area (Å²) >= 11 is 13.3. The van der Waals surface area contributed by atoms with E-state index in [1.165, 1.54) is 65.7 Å². The van der Waals surface area contributed by atoms with Crippen molar-refractivity contribution >= 4 is 55.5 Å². The first-order chi connectivity index (χ1) is 11.2. The van der Waals surface area contributed by atoms with Crippen LogP contribution >= 0.6 is 23.2 Å². The Morgan fingerprint density at radius 3 is 1.65 bits per heavy atom. The third kappa shape index (κ3) is 1.07. The van der Waals surface area contributed by atoms with Gasteiger partial charge in [-0.05, 0) is 84.3 Å². The van der Waals surface area contributed by atoms with Crippen molar-refractivity contribution in [1.82, 2.24) is 0 Å². The predicted octanol–water partition coefficient (Wildman–Crippen LogP) is 6.17. The van der Waals surface area contributed by atoms with Gasteiger partial charge in [0, 0.05) is 22.9 Å². The fourth-order valence-electron chi connectivity index (χ4n) is 5.37. The summed E-state index contributed by atoms with van der Waals surface area (Å²) < 4.78 is 0. The van der Waals surface area contributed by atoms with E-state index < -0.39 is 0 Å². The van der Waals surface area contributed by atoms with Gasteiger partial charge in [0.2, 0.25) is 0 Å². The highest BCUT2D eigenvalue weighted by Gasteiger charge is 2.33. The molecule has 7 rings (SSSR count). The van der Waals surface area contributed by atoms with Gasteiger partial charge in [0.1, 0.15) is 0 Å². The zero-order valence-corrected chi connectivity index (χ0v) is 13.7. The van der Waals surface area contributed by atoms with Crippen molar-refractivity contribution in [3.8, 4) is 0 Å². The Kier molecular flexibility index (Phi) is 1.71. The Hall–Kier alpha value is -1.76. The molecule has 0 N–H and O–H groups in total. The van der Waals surface area contributed by atoms with Crippen LogP contribution in [-0.4, -0.2) is 0 Å². The van der Waals surface area contributed by atoms with E-state index in [9.17, 15) is 0 Å². The van der Waals surface area contributed by atoms with Crippen LogP contribution in [0, 0.1) is 0 Å². The molecule has 0 atom stereocenters. The van der Waals surface area contributed by atoms with Crippen molar-refractivity contribution in [2.24, 2.45) is 0 Å². The molecule has 108 valence electrons. The monoisotopic (exact) mass is 332 g/mol. The molecule has 0 bridgehead atoms. The van der Waals surface area contributed by atoms with Crippen LogP contribution in [0.15, 0.2) is 24.3 Å². The Morgan fingerprint density at radius 1 is 0.522 bits per heavy atom. The lowest BCUT2D eigenvalue weighted by molar-refractivity contribution is 1.24. The van der Waals surface area contributed by atoms with Crippen LogP contribution in [0.3, 0.4) is 0 Å². The van der Waals surface area contributed by atoms with Gasteiger partial charge < -0.3 is 0 Å². The average molecular weight is 333 g/mol. The van der Waals surface area contributed by atoms with Gasteiger partial charge in [0.25, 0.3) is 0 Å². The lowest BCUT2D eigenvalue weighted by Crippen LogP contribution is -1.86. The second kappa shape index (κ2) is 3.36. The second-order valence-corrected chi connectivity index (χ2v) is 7.97. The van der Waals surface area contributed by atoms with Gasteiger partial charge in [-0.2, -0.15) is 0 Å². The topological polar surface area (TPSA) is 0 Å². The van der Waals surface area contributed by atoms with Crippen molar-refractivity contribution < 1.29 is 0 Å². The zero-order valence-electron chi connectivity index (χ0n) is 12.2. The molecule has 0 unspecified atom stereocenters. The molecule has 0 heterocycles. The molecule has 0 spiro atoms. The predicted molar refractivity (Wildman–Crippen MR) is 97.4 cm³/mol. The van der Waals surface area contributed by atoms with Crippen molar-refractivity contribution in [3.05, 3.63) is 67.7 Å². The molecule has 0 nitrogen and oxygen atoms in total. The van der Waals surface area contributed by atoms with E-state index in [-0.39, 0.29) is 0 Å². The van der Waals surface area contributed by atoms with Gasteiger partial charge >= 0.3 is 0 Å². The maximum atomic E-state index is 6.66. The fourth-order valence-corrected chi connectivity index (χ4v) is 5.96. The highest BCUT2D eigenvalue weighted by molar-refractivity contribution is 6.40. The van der Waals surface area contributed by atoms with Crippen molar-refractivity contribution in [3.63, 3.8) is 0 Å². The standard InChI is InChI=1S/C21H10Cl2/c22-14-6-10-3-8-1-2-9-4-12-15(23)7-11-5-13(14)21-18(10)16(8)17(9)20(12)19(11)21/h1-2,6-7H,3-5H2. The third-order valence-corrected chi connectivity index (χ3v) is 6.84. The summed E-state index contributed by atoms with van der Waals surface area (Å²) in [4.78, 5) is 0. The fraction of sp³-hybridized carbons (Fsp3) is 0.143. The normalized spacial score (nSPS) is 15.7. The van der Waals surface area contributed by atoms with E-state index in [4.69, 9.17) is 23.2 Å². The molecule has 0 fully saturated rings. The SMILES string of the molecule is Clc1cc2c3c4c1Cc1ccc5c(c14)c1c(cc(Cl)c(c13)C2)C5. The van der Waals surface area contributed by atoms with Gasteiger partial charge in [0.05, 0.1) is 0 Å². The molecule has 0 amide bonds. The van der Waals surface area contributed by atoms with E-state index in [1.54, 1.807) is 0 Å². The Morgan fingerprint density at radius 2 is 0.957 bits per heavy atom. The minimum atomic E-state index is 0.919. The lowest BCUT2D eigenvalue weighted by Gasteiger charge is -2.10. The first-order valence-corrected chi connectivity index (χ1v) is 8.82. The van der Waals surface area contributed by atoms with Crippen molar-refractivity contribution in [1.29, 1.82) is 0 Å². The number of halogens is 2. The van der Waals surface area contributed by atoms with Crippen LogP contribution in [0.1, 0.15) is 33.4 Å². The molecule has 0 saturated carbocycles. The summed E-state index contributed by atoms with van der Waals surface area (Å²) in [5.41, 5.74) is 8.28. The van der Waals surface area contributed by atoms with Crippen molar-refractivity contribution in [2.75, 3.05) is 0 Å². The van der Waals surface area contributed by atoms with E-state index in [1.807, 2.05) is 0 Å². The third-order valence-electron chi connectivity index (χ3n) is 6.17. The van der Waals surface area contributed by atoms with Gasteiger partial charge in [-0.3, -0.25) is 0 Å². The summed E-state index contributed by atoms with van der Waals surface area (Å²) in [7, 11) is 0. The molecule has 3 aliphatic rings. The number of rotatable bonds is 0. The molecule has 0 aromatic heterocycles. The molecule has 0 radical (unpaired) electrons. The van der Waals surface area contributed by atoms with Crippen LogP contribution in [0.5, 0.6) is 0 Å². The summed E-state index contributed by atoms with van der Waals surface area (Å²) in [6, 6.07) is 9.02. The smallest absolute Gasteiger partial charge is 0.0450 e. The Labute approximate surface area is 142 Å². The quantitative estimate of drug-likeness (QED) is 0.291. The number of benzene rings is 4. The van der Waals surface area contributed by atoms with Crippen LogP contribution in [0.2, 0.25) is 10.0 Å². The maximum absolute atomic E-state index is 6.66. The molecular weight excluding hydrogens is 323 g/mol. The highest BCUT2D eigenvalue weighted by atomic mass is 35.5. The Bertz CT molecular complexity index is 1260. The van der Waals surface area contributed by atoms with E-state index >= 15 is 0 Å². The molecule has 23 heavy (non-hydrogen) atoms. The molecule has 2 heteroatoms. The summed E-state index contributed by atoms with van der Waals surface area (Å²) in [5, 5.41) is 10.5. The molecule has 4 aromatic carbocycles. The first-order valence-electron chi connectivity index (χ1n) is 8.06.